The van der Waals surface area contributed by atoms with Crippen LogP contribution in [0.3, 0.4) is 0 Å². The van der Waals surface area contributed by atoms with Crippen molar-refractivity contribution in [2.24, 2.45) is 16.8 Å². The van der Waals surface area contributed by atoms with E-state index >= 15 is 0 Å². The molecule has 3 rings (SSSR count). The zero-order valence-electron chi connectivity index (χ0n) is 18.8. The molecule has 2 aliphatic heterocycles. The van der Waals surface area contributed by atoms with Gasteiger partial charge in [0, 0.05) is 43.5 Å². The van der Waals surface area contributed by atoms with Gasteiger partial charge in [0.05, 0.1) is 6.04 Å². The fourth-order valence-corrected chi connectivity index (χ4v) is 5.12. The first-order valence-corrected chi connectivity index (χ1v) is 11.9. The summed E-state index contributed by atoms with van der Waals surface area (Å²) in [4.78, 5) is 22.7. The third-order valence-electron chi connectivity index (χ3n) is 6.15. The Morgan fingerprint density at radius 2 is 2.00 bits per heavy atom. The van der Waals surface area contributed by atoms with Gasteiger partial charge in [-0.3, -0.25) is 14.7 Å². The van der Waals surface area contributed by atoms with Crippen LogP contribution < -0.4 is 10.6 Å². The first-order chi connectivity index (χ1) is 14.0. The van der Waals surface area contributed by atoms with Gasteiger partial charge in [-0.2, -0.15) is 0 Å². The molecule has 2 aliphatic rings. The minimum absolute atomic E-state index is 0. The number of piperidine rings is 1. The van der Waals surface area contributed by atoms with Gasteiger partial charge in [-0.15, -0.1) is 35.3 Å². The summed E-state index contributed by atoms with van der Waals surface area (Å²) in [7, 11) is 1.82. The molecular formula is C22H38IN5OS. The summed E-state index contributed by atoms with van der Waals surface area (Å²) in [6.45, 7) is 11.0. The molecule has 0 aromatic carbocycles. The Bertz CT molecular complexity index is 673. The van der Waals surface area contributed by atoms with Gasteiger partial charge >= 0.3 is 0 Å². The number of amides is 1. The Kier molecular flexibility index (Phi) is 10.4. The van der Waals surface area contributed by atoms with E-state index in [9.17, 15) is 4.79 Å². The minimum Gasteiger partial charge on any atom is -0.354 e. The van der Waals surface area contributed by atoms with Crippen LogP contribution in [0.15, 0.2) is 22.5 Å². The van der Waals surface area contributed by atoms with Crippen LogP contribution in [0.5, 0.6) is 0 Å². The maximum absolute atomic E-state index is 12.2. The number of nitrogens with one attached hydrogen (secondary N) is 2. The predicted octanol–water partition coefficient (Wildman–Crippen LogP) is 3.56. The molecule has 30 heavy (non-hydrogen) atoms. The number of nitrogens with zero attached hydrogens (tertiary/aromatic N) is 3. The van der Waals surface area contributed by atoms with Crippen LogP contribution in [-0.2, 0) is 4.79 Å². The topological polar surface area (TPSA) is 60.0 Å². The van der Waals surface area contributed by atoms with Gasteiger partial charge in [-0.1, -0.05) is 26.8 Å². The van der Waals surface area contributed by atoms with Crippen molar-refractivity contribution < 1.29 is 4.79 Å². The smallest absolute Gasteiger partial charge is 0.225 e. The van der Waals surface area contributed by atoms with Crippen molar-refractivity contribution in [3.63, 3.8) is 0 Å². The summed E-state index contributed by atoms with van der Waals surface area (Å²) in [5.41, 5.74) is 0. The lowest BCUT2D eigenvalue weighted by molar-refractivity contribution is -0.133. The summed E-state index contributed by atoms with van der Waals surface area (Å²) in [6, 6.07) is 5.03. The van der Waals surface area contributed by atoms with E-state index in [0.29, 0.717) is 6.04 Å². The third-order valence-corrected chi connectivity index (χ3v) is 7.13. The molecule has 0 radical (unpaired) electrons. The predicted molar refractivity (Wildman–Crippen MR) is 137 cm³/mol. The molecule has 1 aromatic heterocycles. The van der Waals surface area contributed by atoms with Gasteiger partial charge in [0.1, 0.15) is 0 Å². The lowest BCUT2D eigenvalue weighted by atomic mass is 9.97. The molecule has 8 heteroatoms. The van der Waals surface area contributed by atoms with E-state index in [4.69, 9.17) is 0 Å². The van der Waals surface area contributed by atoms with Crippen LogP contribution in [0.25, 0.3) is 0 Å². The molecule has 2 fully saturated rings. The Morgan fingerprint density at radius 3 is 2.60 bits per heavy atom. The van der Waals surface area contributed by atoms with E-state index in [-0.39, 0.29) is 41.8 Å². The molecule has 2 saturated heterocycles. The maximum atomic E-state index is 12.2. The summed E-state index contributed by atoms with van der Waals surface area (Å²) in [6.07, 6.45) is 3.52. The van der Waals surface area contributed by atoms with E-state index in [1.807, 2.05) is 37.1 Å². The number of guanidine groups is 1. The molecule has 6 nitrogen and oxygen atoms in total. The molecular weight excluding hydrogens is 509 g/mol. The van der Waals surface area contributed by atoms with Crippen LogP contribution in [0.4, 0.5) is 0 Å². The van der Waals surface area contributed by atoms with Crippen molar-refractivity contribution in [2.75, 3.05) is 39.8 Å². The monoisotopic (exact) mass is 547 g/mol. The second-order valence-electron chi connectivity index (χ2n) is 8.77. The van der Waals surface area contributed by atoms with Gasteiger partial charge in [0.15, 0.2) is 5.96 Å². The first-order valence-electron chi connectivity index (χ1n) is 11.0. The normalized spacial score (nSPS) is 22.1. The average molecular weight is 548 g/mol. The highest BCUT2D eigenvalue weighted by molar-refractivity contribution is 14.0. The van der Waals surface area contributed by atoms with Crippen LogP contribution in [-0.4, -0.2) is 67.5 Å². The first kappa shape index (κ1) is 25.4. The molecule has 1 amide bonds. The van der Waals surface area contributed by atoms with Gasteiger partial charge < -0.3 is 15.5 Å². The van der Waals surface area contributed by atoms with Crippen molar-refractivity contribution in [1.29, 1.82) is 0 Å². The third kappa shape index (κ3) is 6.82. The number of likely N-dealkylation sites (tertiary alicyclic amines) is 2. The fraction of sp³-hybridized carbons (Fsp3) is 0.727. The second kappa shape index (κ2) is 12.2. The Labute approximate surface area is 202 Å². The molecule has 1 aromatic rings. The number of aliphatic imine (C=N–C) groups is 1. The SMILES string of the molecule is CN=C(NCC(c1cccs1)N1CCC(C)CC1)NC1CCN(C(=O)C(C)C)C1.I. The Balaban J connectivity index is 0.00000320. The molecule has 2 atom stereocenters. The average Bonchev–Trinajstić information content (AvgIpc) is 3.40. The van der Waals surface area contributed by atoms with E-state index in [1.54, 1.807) is 0 Å². The van der Waals surface area contributed by atoms with Crippen LogP contribution >= 0.6 is 35.3 Å². The second-order valence-corrected chi connectivity index (χ2v) is 9.75. The molecule has 0 bridgehead atoms. The molecule has 0 spiro atoms. The summed E-state index contributed by atoms with van der Waals surface area (Å²) in [5, 5.41) is 9.26. The number of thiophene rings is 1. The minimum atomic E-state index is 0. The number of carbonyl (C=O) groups is 1. The summed E-state index contributed by atoms with van der Waals surface area (Å²) < 4.78 is 0. The number of hydrogen-bond donors (Lipinski definition) is 2. The lowest BCUT2D eigenvalue weighted by Crippen LogP contribution is -2.48. The van der Waals surface area contributed by atoms with Crippen LogP contribution in [0, 0.1) is 11.8 Å². The Morgan fingerprint density at radius 1 is 1.27 bits per heavy atom. The van der Waals surface area contributed by atoms with E-state index in [1.165, 1.54) is 17.7 Å². The maximum Gasteiger partial charge on any atom is 0.225 e. The summed E-state index contributed by atoms with van der Waals surface area (Å²) in [5.74, 6) is 1.97. The number of carbonyl (C=O) groups excluding carboxylic acids is 1. The van der Waals surface area contributed by atoms with Gasteiger partial charge in [0.2, 0.25) is 5.91 Å². The quantitative estimate of drug-likeness (QED) is 0.325. The van der Waals surface area contributed by atoms with E-state index in [0.717, 1.165) is 51.0 Å². The van der Waals surface area contributed by atoms with Crippen molar-refractivity contribution in [2.45, 2.75) is 52.1 Å². The molecule has 2 unspecified atom stereocenters. The molecule has 170 valence electrons. The molecule has 0 saturated carbocycles. The summed E-state index contributed by atoms with van der Waals surface area (Å²) >= 11 is 1.84. The highest BCUT2D eigenvalue weighted by atomic mass is 127. The zero-order chi connectivity index (χ0) is 20.8. The van der Waals surface area contributed by atoms with Crippen molar-refractivity contribution in [1.82, 2.24) is 20.4 Å². The number of halogens is 1. The Hall–Kier alpha value is -0.870. The van der Waals surface area contributed by atoms with Crippen molar-refractivity contribution >= 4 is 47.2 Å². The van der Waals surface area contributed by atoms with Gasteiger partial charge in [-0.25, -0.2) is 0 Å². The van der Waals surface area contributed by atoms with Gasteiger partial charge in [0.25, 0.3) is 0 Å². The number of rotatable bonds is 6. The van der Waals surface area contributed by atoms with E-state index in [2.05, 4.69) is 45.0 Å². The lowest BCUT2D eigenvalue weighted by Gasteiger charge is -2.36. The van der Waals surface area contributed by atoms with Crippen molar-refractivity contribution in [3.05, 3.63) is 22.4 Å². The molecule has 3 heterocycles. The molecule has 2 N–H and O–H groups in total. The number of hydrogen-bond acceptors (Lipinski definition) is 4. The van der Waals surface area contributed by atoms with E-state index < -0.39 is 0 Å². The highest BCUT2D eigenvalue weighted by Gasteiger charge is 2.29. The van der Waals surface area contributed by atoms with Crippen LogP contribution in [0.2, 0.25) is 0 Å². The highest BCUT2D eigenvalue weighted by Crippen LogP contribution is 2.29. The standard InChI is InChI=1S/C22H37N5OS.HI/c1-16(2)21(28)27-12-9-18(15-27)25-22(23-4)24-14-19(20-6-5-13-29-20)26-10-7-17(3)8-11-26;/h5-6,13,16-19H,7-12,14-15H2,1-4H3,(H2,23,24,25);1H. The zero-order valence-corrected chi connectivity index (χ0v) is 21.9. The largest absolute Gasteiger partial charge is 0.354 e. The van der Waals surface area contributed by atoms with Gasteiger partial charge in [-0.05, 0) is 49.7 Å². The van der Waals surface area contributed by atoms with Crippen molar-refractivity contribution in [3.8, 4) is 0 Å². The fourth-order valence-electron chi connectivity index (χ4n) is 4.26. The molecule has 0 aliphatic carbocycles. The van der Waals surface area contributed by atoms with Crippen LogP contribution in [0.1, 0.15) is 51.0 Å².